The van der Waals surface area contributed by atoms with Gasteiger partial charge in [0.25, 0.3) is 0 Å². The summed E-state index contributed by atoms with van der Waals surface area (Å²) in [6.07, 6.45) is -2.99. The zero-order valence-electron chi connectivity index (χ0n) is 15.3. The Morgan fingerprint density at radius 2 is 1.68 bits per heavy atom. The molecule has 2 aromatic rings. The minimum Gasteiger partial charge on any atom is -0.395 e. The Bertz CT molecular complexity index is 774. The van der Waals surface area contributed by atoms with Crippen molar-refractivity contribution in [3.8, 4) is 11.5 Å². The van der Waals surface area contributed by atoms with Crippen molar-refractivity contribution in [1.29, 1.82) is 0 Å². The van der Waals surface area contributed by atoms with Gasteiger partial charge in [0.05, 0.1) is 0 Å². The van der Waals surface area contributed by atoms with Gasteiger partial charge in [-0.3, -0.25) is 0 Å². The highest BCUT2D eigenvalue weighted by Crippen LogP contribution is 2.46. The van der Waals surface area contributed by atoms with Crippen LogP contribution in [0.5, 0.6) is 11.5 Å². The summed E-state index contributed by atoms with van der Waals surface area (Å²) in [6.45, 7) is 10.3. The van der Waals surface area contributed by atoms with Crippen molar-refractivity contribution in [3.05, 3.63) is 58.7 Å². The van der Waals surface area contributed by atoms with E-state index in [9.17, 15) is 8.78 Å². The van der Waals surface area contributed by atoms with Crippen molar-refractivity contribution in [1.82, 2.24) is 0 Å². The first-order valence-corrected chi connectivity index (χ1v) is 8.55. The number of rotatable bonds is 3. The van der Waals surface area contributed by atoms with Crippen LogP contribution in [-0.2, 0) is 11.8 Å². The Hall–Kier alpha value is -2.10. The fraction of sp³-hybridized carbons (Fsp3) is 0.429. The molecule has 2 nitrogen and oxygen atoms in total. The molecule has 134 valence electrons. The number of halogens is 2. The van der Waals surface area contributed by atoms with Gasteiger partial charge in [-0.25, -0.2) is 0 Å². The first-order valence-electron chi connectivity index (χ1n) is 8.55. The molecule has 1 atom stereocenters. The Morgan fingerprint density at radius 3 is 2.28 bits per heavy atom. The number of hydrogen-bond acceptors (Lipinski definition) is 2. The van der Waals surface area contributed by atoms with E-state index in [1.807, 2.05) is 13.0 Å². The maximum Gasteiger partial charge on any atom is 0.586 e. The molecule has 4 heteroatoms. The number of ether oxygens (including phenoxy) is 2. The number of fused-ring (bicyclic) bond motifs is 1. The average molecular weight is 346 g/mol. The standard InChI is InChI=1S/C21H24F2O2/c1-13-6-8-15(9-7-13)14(2)10-16-11-17(20(3,4)5)12-18-19(16)25-21(22,23)24-18/h6-9,11-12,14H,10H2,1-5H3. The highest BCUT2D eigenvalue weighted by molar-refractivity contribution is 5.53. The van der Waals surface area contributed by atoms with Crippen LogP contribution in [0.2, 0.25) is 0 Å². The lowest BCUT2D eigenvalue weighted by atomic mass is 9.84. The number of aryl methyl sites for hydroxylation is 1. The van der Waals surface area contributed by atoms with E-state index in [1.165, 1.54) is 11.1 Å². The molecule has 0 radical (unpaired) electrons. The summed E-state index contributed by atoms with van der Waals surface area (Å²) < 4.78 is 36.7. The summed E-state index contributed by atoms with van der Waals surface area (Å²) in [5, 5.41) is 0. The van der Waals surface area contributed by atoms with Gasteiger partial charge >= 0.3 is 6.29 Å². The van der Waals surface area contributed by atoms with E-state index >= 15 is 0 Å². The molecule has 0 aromatic heterocycles. The highest BCUT2D eigenvalue weighted by atomic mass is 19.3. The molecule has 0 spiro atoms. The molecule has 1 aliphatic heterocycles. The minimum absolute atomic E-state index is 0.128. The maximum atomic E-state index is 13.6. The third kappa shape index (κ3) is 3.78. The Kier molecular flexibility index (Phi) is 4.26. The zero-order chi connectivity index (χ0) is 18.4. The lowest BCUT2D eigenvalue weighted by Gasteiger charge is -2.22. The molecule has 0 saturated carbocycles. The molecule has 1 heterocycles. The average Bonchev–Trinajstić information content (AvgIpc) is 2.81. The van der Waals surface area contributed by atoms with Crippen LogP contribution in [-0.4, -0.2) is 6.29 Å². The van der Waals surface area contributed by atoms with Gasteiger partial charge in [0, 0.05) is 0 Å². The maximum absolute atomic E-state index is 13.6. The van der Waals surface area contributed by atoms with Gasteiger partial charge in [0.2, 0.25) is 0 Å². The molecular formula is C21H24F2O2. The smallest absolute Gasteiger partial charge is 0.395 e. The molecule has 0 fully saturated rings. The van der Waals surface area contributed by atoms with Crippen molar-refractivity contribution >= 4 is 0 Å². The lowest BCUT2D eigenvalue weighted by Crippen LogP contribution is -2.26. The second kappa shape index (κ2) is 6.01. The lowest BCUT2D eigenvalue weighted by molar-refractivity contribution is -0.287. The number of alkyl halides is 2. The molecule has 3 rings (SSSR count). The second-order valence-corrected chi connectivity index (χ2v) is 7.90. The predicted molar refractivity (Wildman–Crippen MR) is 94.6 cm³/mol. The quantitative estimate of drug-likeness (QED) is 0.682. The molecule has 1 aliphatic rings. The van der Waals surface area contributed by atoms with Crippen molar-refractivity contribution in [2.45, 2.75) is 58.7 Å². The fourth-order valence-electron chi connectivity index (χ4n) is 3.05. The molecule has 0 amide bonds. The van der Waals surface area contributed by atoms with E-state index < -0.39 is 6.29 Å². The summed E-state index contributed by atoms with van der Waals surface area (Å²) >= 11 is 0. The van der Waals surface area contributed by atoms with Gasteiger partial charge in [-0.1, -0.05) is 63.6 Å². The first-order chi connectivity index (χ1) is 11.5. The van der Waals surface area contributed by atoms with E-state index in [0.29, 0.717) is 6.42 Å². The summed E-state index contributed by atoms with van der Waals surface area (Å²) in [4.78, 5) is 0. The first kappa shape index (κ1) is 17.7. The van der Waals surface area contributed by atoms with E-state index in [1.54, 1.807) is 6.07 Å². The van der Waals surface area contributed by atoms with E-state index in [0.717, 1.165) is 11.1 Å². The molecule has 0 N–H and O–H groups in total. The van der Waals surface area contributed by atoms with Crippen LogP contribution >= 0.6 is 0 Å². The SMILES string of the molecule is Cc1ccc(C(C)Cc2cc(C(C)(C)C)cc3c2OC(F)(F)O3)cc1. The third-order valence-electron chi connectivity index (χ3n) is 4.62. The van der Waals surface area contributed by atoms with Gasteiger partial charge in [-0.2, -0.15) is 0 Å². The van der Waals surface area contributed by atoms with Crippen molar-refractivity contribution in [3.63, 3.8) is 0 Å². The monoisotopic (exact) mass is 346 g/mol. The van der Waals surface area contributed by atoms with Crippen LogP contribution < -0.4 is 9.47 Å². The summed E-state index contributed by atoms with van der Waals surface area (Å²) in [5.74, 6) is 0.471. The summed E-state index contributed by atoms with van der Waals surface area (Å²) in [6, 6.07) is 11.9. The normalized spacial score (nSPS) is 16.8. The Morgan fingerprint density at radius 1 is 1.04 bits per heavy atom. The van der Waals surface area contributed by atoms with E-state index in [2.05, 4.69) is 52.0 Å². The molecule has 0 saturated heterocycles. The predicted octanol–water partition coefficient (Wildman–Crippen LogP) is 5.96. The molecule has 2 aromatic carbocycles. The fourth-order valence-corrected chi connectivity index (χ4v) is 3.05. The molecule has 25 heavy (non-hydrogen) atoms. The molecule has 0 bridgehead atoms. The van der Waals surface area contributed by atoms with Gasteiger partial charge in [-0.15, -0.1) is 8.78 Å². The van der Waals surface area contributed by atoms with Crippen molar-refractivity contribution in [2.75, 3.05) is 0 Å². The second-order valence-electron chi connectivity index (χ2n) is 7.90. The van der Waals surface area contributed by atoms with Crippen LogP contribution in [0.15, 0.2) is 36.4 Å². The van der Waals surface area contributed by atoms with E-state index in [-0.39, 0.29) is 22.8 Å². The van der Waals surface area contributed by atoms with Gasteiger partial charge in [0.15, 0.2) is 11.5 Å². The van der Waals surface area contributed by atoms with Crippen molar-refractivity contribution in [2.24, 2.45) is 0 Å². The Labute approximate surface area is 147 Å². The zero-order valence-corrected chi connectivity index (χ0v) is 15.3. The molecule has 0 aliphatic carbocycles. The van der Waals surface area contributed by atoms with Crippen molar-refractivity contribution < 1.29 is 18.3 Å². The van der Waals surface area contributed by atoms with Gasteiger partial charge in [0.1, 0.15) is 0 Å². The van der Waals surface area contributed by atoms with Gasteiger partial charge < -0.3 is 9.47 Å². The summed E-state index contributed by atoms with van der Waals surface area (Å²) in [5.41, 5.74) is 3.92. The van der Waals surface area contributed by atoms with Crippen LogP contribution in [0.25, 0.3) is 0 Å². The van der Waals surface area contributed by atoms with Gasteiger partial charge in [-0.05, 0) is 47.4 Å². The van der Waals surface area contributed by atoms with E-state index in [4.69, 9.17) is 9.47 Å². The van der Waals surface area contributed by atoms with Crippen LogP contribution in [0, 0.1) is 6.92 Å². The Balaban J connectivity index is 1.97. The number of hydrogen-bond donors (Lipinski definition) is 0. The topological polar surface area (TPSA) is 18.5 Å². The van der Waals surface area contributed by atoms with Crippen LogP contribution in [0.4, 0.5) is 8.78 Å². The van der Waals surface area contributed by atoms with Crippen LogP contribution in [0.1, 0.15) is 55.9 Å². The number of benzene rings is 2. The molecule has 1 unspecified atom stereocenters. The molecular weight excluding hydrogens is 322 g/mol. The van der Waals surface area contributed by atoms with Crippen LogP contribution in [0.3, 0.4) is 0 Å². The highest BCUT2D eigenvalue weighted by Gasteiger charge is 2.45. The summed E-state index contributed by atoms with van der Waals surface area (Å²) in [7, 11) is 0. The third-order valence-corrected chi connectivity index (χ3v) is 4.62. The largest absolute Gasteiger partial charge is 0.586 e. The minimum atomic E-state index is -3.60.